The van der Waals surface area contributed by atoms with Crippen molar-refractivity contribution in [2.75, 3.05) is 17.1 Å². The second-order valence-corrected chi connectivity index (χ2v) is 7.98. The molecule has 1 aromatic rings. The molecular formula is C15H23ClN2O3S. The molecule has 0 heterocycles. The standard InChI is InChI=1S/C15H23ClN2O3S/c1-11(2)9-10-17-15(19)12(3)18(22(4,20)21)14-7-5-13(16)6-8-14/h5-8,11-12H,9-10H2,1-4H3,(H,17,19)/t12-/m0/s1. The van der Waals surface area contributed by atoms with Gasteiger partial charge in [-0.15, -0.1) is 0 Å². The SMILES string of the molecule is CC(C)CCNC(=O)[C@H](C)N(c1ccc(Cl)cc1)S(C)(=O)=O. The average molecular weight is 347 g/mol. The molecule has 22 heavy (non-hydrogen) atoms. The van der Waals surface area contributed by atoms with E-state index in [0.717, 1.165) is 17.0 Å². The van der Waals surface area contributed by atoms with Crippen molar-refractivity contribution in [2.45, 2.75) is 33.2 Å². The van der Waals surface area contributed by atoms with E-state index < -0.39 is 16.1 Å². The Labute approximate surface area is 137 Å². The fraction of sp³-hybridized carbons (Fsp3) is 0.533. The summed E-state index contributed by atoms with van der Waals surface area (Å²) in [5.41, 5.74) is 0.415. The number of rotatable bonds is 7. The quantitative estimate of drug-likeness (QED) is 0.825. The summed E-state index contributed by atoms with van der Waals surface area (Å²) in [6.07, 6.45) is 1.93. The molecule has 0 aromatic heterocycles. The third-order valence-corrected chi connectivity index (χ3v) is 4.68. The van der Waals surface area contributed by atoms with Gasteiger partial charge in [0.2, 0.25) is 15.9 Å². The number of hydrogen-bond acceptors (Lipinski definition) is 3. The molecule has 0 radical (unpaired) electrons. The summed E-state index contributed by atoms with van der Waals surface area (Å²) < 4.78 is 25.2. The number of nitrogens with zero attached hydrogens (tertiary/aromatic N) is 1. The van der Waals surface area contributed by atoms with E-state index in [-0.39, 0.29) is 5.91 Å². The van der Waals surface area contributed by atoms with Crippen molar-refractivity contribution in [2.24, 2.45) is 5.92 Å². The zero-order chi connectivity index (χ0) is 16.9. The highest BCUT2D eigenvalue weighted by Gasteiger charge is 2.28. The van der Waals surface area contributed by atoms with Crippen LogP contribution in [0.3, 0.4) is 0 Å². The number of sulfonamides is 1. The van der Waals surface area contributed by atoms with Crippen molar-refractivity contribution in [3.63, 3.8) is 0 Å². The molecule has 1 rings (SSSR count). The third-order valence-electron chi connectivity index (χ3n) is 3.19. The van der Waals surface area contributed by atoms with Crippen LogP contribution >= 0.6 is 11.6 Å². The van der Waals surface area contributed by atoms with Crippen molar-refractivity contribution >= 4 is 33.2 Å². The van der Waals surface area contributed by atoms with Crippen LogP contribution in [0.2, 0.25) is 5.02 Å². The molecule has 0 aliphatic rings. The maximum atomic E-state index is 12.2. The van der Waals surface area contributed by atoms with Gasteiger partial charge in [-0.05, 0) is 43.5 Å². The summed E-state index contributed by atoms with van der Waals surface area (Å²) in [4.78, 5) is 12.2. The highest BCUT2D eigenvalue weighted by Crippen LogP contribution is 2.22. The molecule has 0 unspecified atom stereocenters. The van der Waals surface area contributed by atoms with Gasteiger partial charge in [-0.2, -0.15) is 0 Å². The molecule has 1 amide bonds. The van der Waals surface area contributed by atoms with Gasteiger partial charge in [0.05, 0.1) is 11.9 Å². The molecule has 1 N–H and O–H groups in total. The monoisotopic (exact) mass is 346 g/mol. The largest absolute Gasteiger partial charge is 0.354 e. The number of carbonyl (C=O) groups excluding carboxylic acids is 1. The first-order chi connectivity index (χ1) is 10.1. The van der Waals surface area contributed by atoms with Crippen LogP contribution in [0.25, 0.3) is 0 Å². The van der Waals surface area contributed by atoms with Crippen molar-refractivity contribution in [3.8, 4) is 0 Å². The normalized spacial score (nSPS) is 13.0. The molecule has 124 valence electrons. The first kappa shape index (κ1) is 18.8. The van der Waals surface area contributed by atoms with Crippen LogP contribution in [-0.4, -0.2) is 33.2 Å². The van der Waals surface area contributed by atoms with Crippen LogP contribution in [0, 0.1) is 5.92 Å². The number of hydrogen-bond donors (Lipinski definition) is 1. The topological polar surface area (TPSA) is 66.5 Å². The molecule has 0 fully saturated rings. The van der Waals surface area contributed by atoms with Gasteiger partial charge in [0, 0.05) is 11.6 Å². The van der Waals surface area contributed by atoms with E-state index in [4.69, 9.17) is 11.6 Å². The summed E-state index contributed by atoms with van der Waals surface area (Å²) in [6, 6.07) is 5.53. The van der Waals surface area contributed by atoms with Crippen LogP contribution in [0.4, 0.5) is 5.69 Å². The Morgan fingerprint density at radius 3 is 2.23 bits per heavy atom. The molecular weight excluding hydrogens is 324 g/mol. The van der Waals surface area contributed by atoms with Crippen LogP contribution < -0.4 is 9.62 Å². The Morgan fingerprint density at radius 2 is 1.77 bits per heavy atom. The van der Waals surface area contributed by atoms with Gasteiger partial charge in [-0.3, -0.25) is 9.10 Å². The second kappa shape index (κ2) is 7.83. The Hall–Kier alpha value is -1.27. The molecule has 0 aliphatic heterocycles. The molecule has 0 bridgehead atoms. The lowest BCUT2D eigenvalue weighted by atomic mass is 10.1. The summed E-state index contributed by atoms with van der Waals surface area (Å²) in [7, 11) is -3.59. The molecule has 5 nitrogen and oxygen atoms in total. The number of nitrogens with one attached hydrogen (secondary N) is 1. The minimum atomic E-state index is -3.59. The van der Waals surface area contributed by atoms with Gasteiger partial charge in [0.1, 0.15) is 6.04 Å². The van der Waals surface area contributed by atoms with Crippen molar-refractivity contribution in [1.29, 1.82) is 0 Å². The van der Waals surface area contributed by atoms with E-state index in [0.29, 0.717) is 23.2 Å². The Kier molecular flexibility index (Phi) is 6.68. The molecule has 0 aliphatic carbocycles. The Bertz CT molecular complexity index is 600. The van der Waals surface area contributed by atoms with Crippen molar-refractivity contribution in [3.05, 3.63) is 29.3 Å². The number of anilines is 1. The molecule has 1 atom stereocenters. The lowest BCUT2D eigenvalue weighted by Gasteiger charge is -2.28. The van der Waals surface area contributed by atoms with Gasteiger partial charge < -0.3 is 5.32 Å². The summed E-state index contributed by atoms with van der Waals surface area (Å²) >= 11 is 5.82. The maximum absolute atomic E-state index is 12.2. The molecule has 0 saturated heterocycles. The van der Waals surface area contributed by atoms with Crippen molar-refractivity contribution in [1.82, 2.24) is 5.32 Å². The van der Waals surface area contributed by atoms with E-state index in [9.17, 15) is 13.2 Å². The Balaban J connectivity index is 2.93. The van der Waals surface area contributed by atoms with Crippen LogP contribution in [0.5, 0.6) is 0 Å². The zero-order valence-electron chi connectivity index (χ0n) is 13.3. The summed E-state index contributed by atoms with van der Waals surface area (Å²) in [5, 5.41) is 3.28. The first-order valence-corrected chi connectivity index (χ1v) is 9.38. The average Bonchev–Trinajstić information content (AvgIpc) is 2.39. The molecule has 0 saturated carbocycles. The van der Waals surface area contributed by atoms with E-state index >= 15 is 0 Å². The molecule has 7 heteroatoms. The number of amides is 1. The van der Waals surface area contributed by atoms with Gasteiger partial charge >= 0.3 is 0 Å². The van der Waals surface area contributed by atoms with E-state index in [1.165, 1.54) is 0 Å². The maximum Gasteiger partial charge on any atom is 0.243 e. The lowest BCUT2D eigenvalue weighted by molar-refractivity contribution is -0.121. The number of benzene rings is 1. The summed E-state index contributed by atoms with van der Waals surface area (Å²) in [5.74, 6) is 0.152. The Morgan fingerprint density at radius 1 is 1.23 bits per heavy atom. The van der Waals surface area contributed by atoms with E-state index in [1.807, 2.05) is 0 Å². The first-order valence-electron chi connectivity index (χ1n) is 7.15. The summed E-state index contributed by atoms with van der Waals surface area (Å²) in [6.45, 7) is 6.22. The predicted molar refractivity (Wildman–Crippen MR) is 90.7 cm³/mol. The highest BCUT2D eigenvalue weighted by atomic mass is 35.5. The zero-order valence-corrected chi connectivity index (χ0v) is 14.9. The van der Waals surface area contributed by atoms with Crippen LogP contribution in [0.1, 0.15) is 27.2 Å². The minimum absolute atomic E-state index is 0.318. The van der Waals surface area contributed by atoms with E-state index in [2.05, 4.69) is 19.2 Å². The van der Waals surface area contributed by atoms with Gasteiger partial charge in [0.15, 0.2) is 0 Å². The van der Waals surface area contributed by atoms with Crippen LogP contribution in [0.15, 0.2) is 24.3 Å². The van der Waals surface area contributed by atoms with Crippen LogP contribution in [-0.2, 0) is 14.8 Å². The molecule has 0 spiro atoms. The smallest absolute Gasteiger partial charge is 0.243 e. The van der Waals surface area contributed by atoms with Crippen molar-refractivity contribution < 1.29 is 13.2 Å². The van der Waals surface area contributed by atoms with Gasteiger partial charge in [-0.1, -0.05) is 25.4 Å². The number of halogens is 1. The minimum Gasteiger partial charge on any atom is -0.354 e. The van der Waals surface area contributed by atoms with E-state index in [1.54, 1.807) is 31.2 Å². The lowest BCUT2D eigenvalue weighted by Crippen LogP contribution is -2.48. The molecule has 1 aromatic carbocycles. The fourth-order valence-corrected chi connectivity index (χ4v) is 3.33. The second-order valence-electron chi connectivity index (χ2n) is 5.68. The fourth-order valence-electron chi connectivity index (χ4n) is 2.03. The predicted octanol–water partition coefficient (Wildman–Crippen LogP) is 2.66. The van der Waals surface area contributed by atoms with Gasteiger partial charge in [-0.25, -0.2) is 8.42 Å². The highest BCUT2D eigenvalue weighted by molar-refractivity contribution is 7.92. The number of carbonyl (C=O) groups is 1. The third kappa shape index (κ3) is 5.50. The van der Waals surface area contributed by atoms with Gasteiger partial charge in [0.25, 0.3) is 0 Å².